The largest absolute Gasteiger partial charge is 0.376 e. The second kappa shape index (κ2) is 8.39. The number of hydrogen-bond donors (Lipinski definition) is 2. The van der Waals surface area contributed by atoms with Crippen molar-refractivity contribution in [2.75, 3.05) is 19.7 Å². The first-order valence-electron chi connectivity index (χ1n) is 9.72. The van der Waals surface area contributed by atoms with Crippen LogP contribution in [0.25, 0.3) is 22.6 Å². The van der Waals surface area contributed by atoms with E-state index in [-0.39, 0.29) is 12.1 Å². The smallest absolute Gasteiger partial charge is 0.314 e. The zero-order chi connectivity index (χ0) is 19.3. The van der Waals surface area contributed by atoms with Gasteiger partial charge in [0.1, 0.15) is 11.3 Å². The first-order valence-corrected chi connectivity index (χ1v) is 9.72. The molecule has 1 fully saturated rings. The molecule has 3 aromatic rings. The molecule has 146 valence electrons. The number of rotatable bonds is 6. The number of urea groups is 1. The summed E-state index contributed by atoms with van der Waals surface area (Å²) in [5.74, 6) is 0.857. The van der Waals surface area contributed by atoms with Gasteiger partial charge in [-0.25, -0.2) is 14.8 Å². The van der Waals surface area contributed by atoms with Gasteiger partial charge in [0.25, 0.3) is 0 Å². The summed E-state index contributed by atoms with van der Waals surface area (Å²) >= 11 is 0. The van der Waals surface area contributed by atoms with Crippen LogP contribution in [0.2, 0.25) is 0 Å². The zero-order valence-corrected chi connectivity index (χ0v) is 16.0. The molecule has 4 rings (SSSR count). The molecule has 1 aliphatic rings. The third-order valence-corrected chi connectivity index (χ3v) is 4.95. The van der Waals surface area contributed by atoms with Gasteiger partial charge in [0.15, 0.2) is 5.65 Å². The molecule has 3 heterocycles. The van der Waals surface area contributed by atoms with E-state index in [0.717, 1.165) is 42.0 Å². The molecule has 1 aliphatic heterocycles. The summed E-state index contributed by atoms with van der Waals surface area (Å²) in [6, 6.07) is 11.9. The molecule has 1 atom stereocenters. The van der Waals surface area contributed by atoms with E-state index in [1.165, 1.54) is 5.56 Å². The fraction of sp³-hybridized carbons (Fsp3) is 0.381. The van der Waals surface area contributed by atoms with Crippen molar-refractivity contribution in [1.29, 1.82) is 0 Å². The van der Waals surface area contributed by atoms with Gasteiger partial charge in [-0.2, -0.15) is 0 Å². The predicted molar refractivity (Wildman–Crippen MR) is 108 cm³/mol. The van der Waals surface area contributed by atoms with Crippen molar-refractivity contribution in [1.82, 2.24) is 25.2 Å². The Kier molecular flexibility index (Phi) is 5.53. The van der Waals surface area contributed by atoms with Gasteiger partial charge in [-0.1, -0.05) is 29.8 Å². The Morgan fingerprint density at radius 2 is 2.11 bits per heavy atom. The van der Waals surface area contributed by atoms with Crippen LogP contribution in [0.5, 0.6) is 0 Å². The van der Waals surface area contributed by atoms with E-state index in [0.29, 0.717) is 19.6 Å². The molecule has 0 radical (unpaired) electrons. The van der Waals surface area contributed by atoms with Gasteiger partial charge in [0.05, 0.1) is 6.10 Å². The predicted octanol–water partition coefficient (Wildman–Crippen LogP) is 2.88. The molecule has 1 aromatic carbocycles. The molecule has 0 saturated carbocycles. The Hall–Kier alpha value is -2.93. The molecule has 7 heteroatoms. The summed E-state index contributed by atoms with van der Waals surface area (Å²) in [5, 5.41) is 5.79. The number of nitrogens with zero attached hydrogens (tertiary/aromatic N) is 3. The van der Waals surface area contributed by atoms with Gasteiger partial charge in [0, 0.05) is 38.0 Å². The maximum atomic E-state index is 12.1. The van der Waals surface area contributed by atoms with Crippen molar-refractivity contribution in [2.45, 2.75) is 32.4 Å². The SMILES string of the molecule is Cc1ccc(-c2nc3cccnc3n2CCNC(=O)NCC2CCCO2)cc1. The van der Waals surface area contributed by atoms with Gasteiger partial charge in [0.2, 0.25) is 0 Å². The number of fused-ring (bicyclic) bond motifs is 1. The first kappa shape index (κ1) is 18.4. The van der Waals surface area contributed by atoms with Gasteiger partial charge in [-0.15, -0.1) is 0 Å². The number of hydrogen-bond acceptors (Lipinski definition) is 4. The Labute approximate surface area is 164 Å². The molecule has 2 N–H and O–H groups in total. The van der Waals surface area contributed by atoms with Crippen molar-refractivity contribution < 1.29 is 9.53 Å². The minimum atomic E-state index is -0.176. The Balaban J connectivity index is 1.44. The van der Waals surface area contributed by atoms with Crippen LogP contribution in [-0.4, -0.2) is 46.4 Å². The van der Waals surface area contributed by atoms with E-state index in [1.54, 1.807) is 6.20 Å². The lowest BCUT2D eigenvalue weighted by Gasteiger charge is -2.13. The first-order chi connectivity index (χ1) is 13.7. The number of ether oxygens (including phenoxy) is 1. The quantitative estimate of drug-likeness (QED) is 0.690. The summed E-state index contributed by atoms with van der Waals surface area (Å²) in [4.78, 5) is 21.3. The van der Waals surface area contributed by atoms with E-state index in [4.69, 9.17) is 9.72 Å². The lowest BCUT2D eigenvalue weighted by Crippen LogP contribution is -2.40. The Morgan fingerprint density at radius 1 is 1.25 bits per heavy atom. The summed E-state index contributed by atoms with van der Waals surface area (Å²) in [6.07, 6.45) is 3.98. The molecule has 2 amide bonds. The lowest BCUT2D eigenvalue weighted by atomic mass is 10.1. The fourth-order valence-electron chi connectivity index (χ4n) is 3.45. The van der Waals surface area contributed by atoms with Crippen LogP contribution in [-0.2, 0) is 11.3 Å². The third kappa shape index (κ3) is 4.14. The summed E-state index contributed by atoms with van der Waals surface area (Å²) in [5.41, 5.74) is 3.90. The second-order valence-corrected chi connectivity index (χ2v) is 7.07. The van der Waals surface area contributed by atoms with Crippen LogP contribution in [0.1, 0.15) is 18.4 Å². The molecule has 28 heavy (non-hydrogen) atoms. The van der Waals surface area contributed by atoms with Crippen LogP contribution in [0, 0.1) is 6.92 Å². The molecule has 0 aliphatic carbocycles. The molecule has 1 unspecified atom stereocenters. The number of pyridine rings is 1. The molecule has 0 bridgehead atoms. The Bertz CT molecular complexity index is 945. The Morgan fingerprint density at radius 3 is 2.89 bits per heavy atom. The maximum Gasteiger partial charge on any atom is 0.314 e. The standard InChI is InChI=1S/C21H25N5O2/c1-15-6-8-16(9-7-15)19-25-18-5-2-10-22-20(18)26(19)12-11-23-21(27)24-14-17-4-3-13-28-17/h2,5-10,17H,3-4,11-14H2,1H3,(H2,23,24,27). The van der Waals surface area contributed by atoms with Crippen LogP contribution in [0.3, 0.4) is 0 Å². The fourth-order valence-corrected chi connectivity index (χ4v) is 3.45. The number of imidazole rings is 1. The highest BCUT2D eigenvalue weighted by atomic mass is 16.5. The number of carbonyl (C=O) groups is 1. The van der Waals surface area contributed by atoms with Gasteiger partial charge in [-0.05, 0) is 31.9 Å². The number of aryl methyl sites for hydroxylation is 1. The average Bonchev–Trinajstić information content (AvgIpc) is 3.35. The molecular weight excluding hydrogens is 354 g/mol. The number of benzene rings is 1. The number of nitrogens with one attached hydrogen (secondary N) is 2. The molecule has 1 saturated heterocycles. The summed E-state index contributed by atoms with van der Waals surface area (Å²) in [6.45, 7) is 4.47. The molecule has 2 aromatic heterocycles. The highest BCUT2D eigenvalue weighted by Gasteiger charge is 2.16. The number of amides is 2. The van der Waals surface area contributed by atoms with Gasteiger partial charge >= 0.3 is 6.03 Å². The van der Waals surface area contributed by atoms with Crippen LogP contribution in [0.4, 0.5) is 4.79 Å². The van der Waals surface area contributed by atoms with Gasteiger partial charge < -0.3 is 19.9 Å². The third-order valence-electron chi connectivity index (χ3n) is 4.95. The average molecular weight is 379 g/mol. The van der Waals surface area contributed by atoms with E-state index in [1.807, 2.05) is 12.1 Å². The van der Waals surface area contributed by atoms with Crippen LogP contribution in [0.15, 0.2) is 42.6 Å². The second-order valence-electron chi connectivity index (χ2n) is 7.07. The summed E-state index contributed by atoms with van der Waals surface area (Å²) < 4.78 is 7.58. The highest BCUT2D eigenvalue weighted by Crippen LogP contribution is 2.23. The topological polar surface area (TPSA) is 81.1 Å². The number of carbonyl (C=O) groups excluding carboxylic acids is 1. The summed E-state index contributed by atoms with van der Waals surface area (Å²) in [7, 11) is 0. The van der Waals surface area contributed by atoms with Crippen molar-refractivity contribution in [3.8, 4) is 11.4 Å². The van der Waals surface area contributed by atoms with Crippen molar-refractivity contribution in [2.24, 2.45) is 0 Å². The van der Waals surface area contributed by atoms with Crippen LogP contribution < -0.4 is 10.6 Å². The van der Waals surface area contributed by atoms with E-state index < -0.39 is 0 Å². The minimum Gasteiger partial charge on any atom is -0.376 e. The van der Waals surface area contributed by atoms with E-state index in [2.05, 4.69) is 51.4 Å². The zero-order valence-electron chi connectivity index (χ0n) is 16.0. The maximum absolute atomic E-state index is 12.1. The van der Waals surface area contributed by atoms with Gasteiger partial charge in [-0.3, -0.25) is 0 Å². The molecular formula is C21H25N5O2. The monoisotopic (exact) mass is 379 g/mol. The van der Waals surface area contributed by atoms with Crippen LogP contribution >= 0.6 is 0 Å². The van der Waals surface area contributed by atoms with E-state index >= 15 is 0 Å². The minimum absolute atomic E-state index is 0.140. The number of aromatic nitrogens is 3. The van der Waals surface area contributed by atoms with Crippen molar-refractivity contribution in [3.05, 3.63) is 48.2 Å². The van der Waals surface area contributed by atoms with Crippen molar-refractivity contribution >= 4 is 17.2 Å². The van der Waals surface area contributed by atoms with E-state index in [9.17, 15) is 4.79 Å². The lowest BCUT2D eigenvalue weighted by molar-refractivity contribution is 0.111. The normalized spacial score (nSPS) is 16.4. The highest BCUT2D eigenvalue weighted by molar-refractivity contribution is 5.77. The molecule has 7 nitrogen and oxygen atoms in total. The molecule has 0 spiro atoms. The van der Waals surface area contributed by atoms with Crippen molar-refractivity contribution in [3.63, 3.8) is 0 Å².